The molecule has 0 saturated carbocycles. The SMILES string of the molecule is CNc1c(N)ccc(F)c1Cl. The first-order valence-electron chi connectivity index (χ1n) is 3.08. The number of benzene rings is 1. The highest BCUT2D eigenvalue weighted by molar-refractivity contribution is 6.34. The first-order chi connectivity index (χ1) is 5.16. The van der Waals surface area contributed by atoms with Crippen LogP contribution < -0.4 is 11.1 Å². The van der Waals surface area contributed by atoms with Gasteiger partial charge in [-0.15, -0.1) is 0 Å². The molecule has 0 aromatic heterocycles. The predicted octanol–water partition coefficient (Wildman–Crippen LogP) is 2.10. The number of hydrogen-bond donors (Lipinski definition) is 2. The van der Waals surface area contributed by atoms with Gasteiger partial charge in [0, 0.05) is 7.05 Å². The smallest absolute Gasteiger partial charge is 0.144 e. The van der Waals surface area contributed by atoms with Crippen LogP contribution in [0, 0.1) is 5.82 Å². The largest absolute Gasteiger partial charge is 0.397 e. The topological polar surface area (TPSA) is 38.0 Å². The number of hydrogen-bond acceptors (Lipinski definition) is 2. The molecule has 60 valence electrons. The molecule has 0 aliphatic rings. The van der Waals surface area contributed by atoms with E-state index in [0.29, 0.717) is 11.4 Å². The third-order valence-electron chi connectivity index (χ3n) is 1.38. The molecule has 4 heteroatoms. The average molecular weight is 175 g/mol. The van der Waals surface area contributed by atoms with Crippen molar-refractivity contribution in [1.82, 2.24) is 0 Å². The van der Waals surface area contributed by atoms with Crippen LogP contribution in [0.1, 0.15) is 0 Å². The van der Waals surface area contributed by atoms with Crippen molar-refractivity contribution in [2.75, 3.05) is 18.1 Å². The molecule has 0 aliphatic heterocycles. The number of nitrogen functional groups attached to an aromatic ring is 1. The molecule has 0 heterocycles. The summed E-state index contributed by atoms with van der Waals surface area (Å²) < 4.78 is 12.7. The van der Waals surface area contributed by atoms with Crippen LogP contribution in [0.2, 0.25) is 5.02 Å². The highest BCUT2D eigenvalue weighted by Crippen LogP contribution is 2.29. The van der Waals surface area contributed by atoms with E-state index in [1.165, 1.54) is 12.1 Å². The Morgan fingerprint density at radius 1 is 1.55 bits per heavy atom. The monoisotopic (exact) mass is 174 g/mol. The molecule has 0 amide bonds. The maximum Gasteiger partial charge on any atom is 0.144 e. The van der Waals surface area contributed by atoms with E-state index < -0.39 is 5.82 Å². The molecule has 0 radical (unpaired) electrons. The zero-order valence-corrected chi connectivity index (χ0v) is 6.74. The Hall–Kier alpha value is -0.960. The minimum absolute atomic E-state index is 0.0347. The summed E-state index contributed by atoms with van der Waals surface area (Å²) in [5.74, 6) is -0.467. The van der Waals surface area contributed by atoms with Crippen molar-refractivity contribution in [2.24, 2.45) is 0 Å². The van der Waals surface area contributed by atoms with Crippen LogP contribution in [-0.4, -0.2) is 7.05 Å². The van der Waals surface area contributed by atoms with Crippen LogP contribution in [-0.2, 0) is 0 Å². The van der Waals surface area contributed by atoms with E-state index in [1.54, 1.807) is 7.05 Å². The van der Waals surface area contributed by atoms with Crippen molar-refractivity contribution in [3.8, 4) is 0 Å². The molecular formula is C7H8ClFN2. The van der Waals surface area contributed by atoms with Gasteiger partial charge in [-0.2, -0.15) is 0 Å². The van der Waals surface area contributed by atoms with Crippen molar-refractivity contribution in [3.63, 3.8) is 0 Å². The minimum Gasteiger partial charge on any atom is -0.397 e. The Balaban J connectivity index is 3.29. The third kappa shape index (κ3) is 1.38. The van der Waals surface area contributed by atoms with Crippen molar-refractivity contribution in [1.29, 1.82) is 0 Å². The van der Waals surface area contributed by atoms with E-state index >= 15 is 0 Å². The molecule has 0 bridgehead atoms. The molecule has 1 rings (SSSR count). The number of rotatable bonds is 1. The molecule has 0 unspecified atom stereocenters. The average Bonchev–Trinajstić information content (AvgIpc) is 1.99. The highest BCUT2D eigenvalue weighted by atomic mass is 35.5. The van der Waals surface area contributed by atoms with E-state index in [1.807, 2.05) is 0 Å². The molecule has 0 spiro atoms. The summed E-state index contributed by atoms with van der Waals surface area (Å²) >= 11 is 5.58. The van der Waals surface area contributed by atoms with Crippen LogP contribution in [0.4, 0.5) is 15.8 Å². The second-order valence-electron chi connectivity index (χ2n) is 2.08. The van der Waals surface area contributed by atoms with E-state index in [-0.39, 0.29) is 5.02 Å². The van der Waals surface area contributed by atoms with E-state index in [0.717, 1.165) is 0 Å². The molecule has 0 fully saturated rings. The molecule has 11 heavy (non-hydrogen) atoms. The fourth-order valence-electron chi connectivity index (χ4n) is 0.820. The minimum atomic E-state index is -0.467. The maximum atomic E-state index is 12.7. The highest BCUT2D eigenvalue weighted by Gasteiger charge is 2.06. The number of halogens is 2. The Morgan fingerprint density at radius 2 is 2.18 bits per heavy atom. The predicted molar refractivity (Wildman–Crippen MR) is 45.4 cm³/mol. The zero-order valence-electron chi connectivity index (χ0n) is 5.99. The lowest BCUT2D eigenvalue weighted by Crippen LogP contribution is -1.97. The van der Waals surface area contributed by atoms with Crippen LogP contribution in [0.3, 0.4) is 0 Å². The van der Waals surface area contributed by atoms with Gasteiger partial charge in [0.05, 0.1) is 11.4 Å². The van der Waals surface area contributed by atoms with Crippen LogP contribution in [0.15, 0.2) is 12.1 Å². The maximum absolute atomic E-state index is 12.7. The zero-order chi connectivity index (χ0) is 8.43. The van der Waals surface area contributed by atoms with Gasteiger partial charge in [-0.3, -0.25) is 0 Å². The molecule has 0 saturated heterocycles. The van der Waals surface area contributed by atoms with Crippen LogP contribution >= 0.6 is 11.6 Å². The van der Waals surface area contributed by atoms with Gasteiger partial charge in [0.15, 0.2) is 0 Å². The molecule has 1 aromatic rings. The molecule has 0 aliphatic carbocycles. The third-order valence-corrected chi connectivity index (χ3v) is 1.75. The fraction of sp³-hybridized carbons (Fsp3) is 0.143. The number of anilines is 2. The van der Waals surface area contributed by atoms with Crippen LogP contribution in [0.5, 0.6) is 0 Å². The van der Waals surface area contributed by atoms with Crippen molar-refractivity contribution < 1.29 is 4.39 Å². The lowest BCUT2D eigenvalue weighted by molar-refractivity contribution is 0.629. The van der Waals surface area contributed by atoms with Gasteiger partial charge in [-0.1, -0.05) is 11.6 Å². The molecule has 0 atom stereocenters. The quantitative estimate of drug-likeness (QED) is 0.640. The summed E-state index contributed by atoms with van der Waals surface area (Å²) in [5, 5.41) is 2.74. The summed E-state index contributed by atoms with van der Waals surface area (Å²) in [6, 6.07) is 2.70. The Labute approximate surface area is 69.2 Å². The van der Waals surface area contributed by atoms with Crippen molar-refractivity contribution >= 4 is 23.0 Å². The summed E-state index contributed by atoms with van der Waals surface area (Å²) in [4.78, 5) is 0. The molecular weight excluding hydrogens is 167 g/mol. The Kier molecular flexibility index (Phi) is 2.19. The summed E-state index contributed by atoms with van der Waals surface area (Å²) in [5.41, 5.74) is 6.37. The number of nitrogens with one attached hydrogen (secondary N) is 1. The first-order valence-corrected chi connectivity index (χ1v) is 3.46. The van der Waals surface area contributed by atoms with Crippen molar-refractivity contribution in [3.05, 3.63) is 23.0 Å². The normalized spacial score (nSPS) is 9.73. The van der Waals surface area contributed by atoms with E-state index in [4.69, 9.17) is 17.3 Å². The van der Waals surface area contributed by atoms with Gasteiger partial charge < -0.3 is 11.1 Å². The van der Waals surface area contributed by atoms with Gasteiger partial charge in [0.25, 0.3) is 0 Å². The van der Waals surface area contributed by atoms with E-state index in [9.17, 15) is 4.39 Å². The standard InChI is InChI=1S/C7H8ClFN2/c1-11-7-5(10)3-2-4(9)6(7)8/h2-3,11H,10H2,1H3. The van der Waals surface area contributed by atoms with E-state index in [2.05, 4.69) is 5.32 Å². The van der Waals surface area contributed by atoms with Gasteiger partial charge in [0.1, 0.15) is 10.8 Å². The Bertz CT molecular complexity index is 275. The lowest BCUT2D eigenvalue weighted by atomic mass is 10.2. The first kappa shape index (κ1) is 8.14. The number of nitrogens with two attached hydrogens (primary N) is 1. The summed E-state index contributed by atoms with van der Waals surface area (Å²) in [6.45, 7) is 0. The van der Waals surface area contributed by atoms with Crippen LogP contribution in [0.25, 0.3) is 0 Å². The van der Waals surface area contributed by atoms with Gasteiger partial charge >= 0.3 is 0 Å². The van der Waals surface area contributed by atoms with Crippen molar-refractivity contribution in [2.45, 2.75) is 0 Å². The Morgan fingerprint density at radius 3 is 2.64 bits per heavy atom. The second kappa shape index (κ2) is 2.96. The molecule has 1 aromatic carbocycles. The molecule has 2 nitrogen and oxygen atoms in total. The fourth-order valence-corrected chi connectivity index (χ4v) is 1.09. The molecule has 3 N–H and O–H groups in total. The van der Waals surface area contributed by atoms with Gasteiger partial charge in [-0.25, -0.2) is 4.39 Å². The van der Waals surface area contributed by atoms with Gasteiger partial charge in [-0.05, 0) is 12.1 Å². The summed E-state index contributed by atoms with van der Waals surface area (Å²) in [7, 11) is 1.64. The lowest BCUT2D eigenvalue weighted by Gasteiger charge is -2.06. The van der Waals surface area contributed by atoms with Gasteiger partial charge in [0.2, 0.25) is 0 Å². The summed E-state index contributed by atoms with van der Waals surface area (Å²) in [6.07, 6.45) is 0. The second-order valence-corrected chi connectivity index (χ2v) is 2.45.